The summed E-state index contributed by atoms with van der Waals surface area (Å²) in [6.45, 7) is 1.75. The van der Waals surface area contributed by atoms with Gasteiger partial charge in [0.05, 0.1) is 33.9 Å². The lowest BCUT2D eigenvalue weighted by molar-refractivity contribution is -0.180. The first-order valence-electron chi connectivity index (χ1n) is 9.48. The molecule has 3 aliphatic rings. The topological polar surface area (TPSA) is 46.6 Å². The molecule has 1 unspecified atom stereocenters. The number of alkyl halides is 3. The van der Waals surface area contributed by atoms with E-state index >= 15 is 0 Å². The van der Waals surface area contributed by atoms with E-state index in [4.69, 9.17) is 4.74 Å². The Kier molecular flexibility index (Phi) is 4.90. The summed E-state index contributed by atoms with van der Waals surface area (Å²) < 4.78 is 60.6. The first-order valence-corrected chi connectivity index (χ1v) is 10.6. The molecular weight excluding hydrogens is 391 g/mol. The molecule has 2 atom stereocenters. The van der Waals surface area contributed by atoms with Crippen LogP contribution < -0.4 is 0 Å². The van der Waals surface area contributed by atoms with E-state index in [1.807, 2.05) is 6.92 Å². The molecule has 4 rings (SSSR count). The van der Waals surface area contributed by atoms with E-state index in [2.05, 4.69) is 0 Å². The number of benzene rings is 1. The summed E-state index contributed by atoms with van der Waals surface area (Å²) in [6.07, 6.45) is -1.43. The third-order valence-corrected chi connectivity index (χ3v) is 7.47. The summed E-state index contributed by atoms with van der Waals surface area (Å²) >= 11 is 0. The smallest absolute Gasteiger partial charge is 0.349 e. The third-order valence-electron chi connectivity index (χ3n) is 5.85. The van der Waals surface area contributed by atoms with Gasteiger partial charge in [-0.2, -0.15) is 13.2 Å². The van der Waals surface area contributed by atoms with Crippen LogP contribution >= 0.6 is 0 Å². The van der Waals surface area contributed by atoms with Crippen LogP contribution in [0.3, 0.4) is 0 Å². The second-order valence-electron chi connectivity index (χ2n) is 7.72. The number of amides is 1. The van der Waals surface area contributed by atoms with E-state index in [9.17, 15) is 22.2 Å². The van der Waals surface area contributed by atoms with Crippen LogP contribution in [-0.2, 0) is 20.3 Å². The lowest BCUT2D eigenvalue weighted by atomic mass is 9.88. The standard InChI is InChI=1S/C20H22F3NO3S/c1-13-5-7-14(8-6-13)28(26)18-15(20(21,22)23)11-17(25)24-16(18)12-27-19(24)9-3-2-4-10-19/h5-8,15H,2-4,9-12H2,1H3/t15-,28?/m1/s1. The Labute approximate surface area is 164 Å². The van der Waals surface area contributed by atoms with E-state index < -0.39 is 40.9 Å². The average molecular weight is 413 g/mol. The number of ether oxygens (including phenoxy) is 1. The number of aryl methyl sites for hydroxylation is 1. The molecule has 1 amide bonds. The minimum atomic E-state index is -4.65. The molecule has 0 N–H and O–H groups in total. The summed E-state index contributed by atoms with van der Waals surface area (Å²) in [6, 6.07) is 6.61. The highest BCUT2D eigenvalue weighted by atomic mass is 32.2. The lowest BCUT2D eigenvalue weighted by Gasteiger charge is -2.43. The highest BCUT2D eigenvalue weighted by Gasteiger charge is 2.57. The first kappa shape index (κ1) is 19.6. The average Bonchev–Trinajstić information content (AvgIpc) is 3.01. The number of hydrogen-bond donors (Lipinski definition) is 0. The zero-order valence-corrected chi connectivity index (χ0v) is 16.4. The Morgan fingerprint density at radius 1 is 1.14 bits per heavy atom. The fraction of sp³-hybridized carbons (Fsp3) is 0.550. The molecule has 152 valence electrons. The molecule has 0 radical (unpaired) electrons. The minimum Gasteiger partial charge on any atom is -0.349 e. The minimum absolute atomic E-state index is 0.106. The predicted octanol–water partition coefficient (Wildman–Crippen LogP) is 4.42. The van der Waals surface area contributed by atoms with Crippen LogP contribution in [0, 0.1) is 12.8 Å². The van der Waals surface area contributed by atoms with Gasteiger partial charge in [0, 0.05) is 11.3 Å². The molecule has 2 fully saturated rings. The van der Waals surface area contributed by atoms with Crippen LogP contribution in [0.5, 0.6) is 0 Å². The second-order valence-corrected chi connectivity index (χ2v) is 9.16. The molecule has 1 saturated carbocycles. The van der Waals surface area contributed by atoms with Crippen molar-refractivity contribution in [2.24, 2.45) is 5.92 Å². The molecule has 1 aliphatic carbocycles. The van der Waals surface area contributed by atoms with Crippen LogP contribution in [0.2, 0.25) is 0 Å². The summed E-state index contributed by atoms with van der Waals surface area (Å²) in [5, 5.41) is 0. The van der Waals surface area contributed by atoms with Crippen molar-refractivity contribution in [3.05, 3.63) is 40.4 Å². The maximum atomic E-state index is 13.8. The van der Waals surface area contributed by atoms with Crippen molar-refractivity contribution in [3.63, 3.8) is 0 Å². The maximum Gasteiger partial charge on any atom is 0.396 e. The van der Waals surface area contributed by atoms with Crippen molar-refractivity contribution < 1.29 is 26.9 Å². The Morgan fingerprint density at radius 2 is 1.79 bits per heavy atom. The van der Waals surface area contributed by atoms with Gasteiger partial charge in [-0.05, 0) is 44.7 Å². The molecule has 1 saturated heterocycles. The molecule has 2 aliphatic heterocycles. The summed E-state index contributed by atoms with van der Waals surface area (Å²) in [7, 11) is -2.02. The van der Waals surface area contributed by atoms with Gasteiger partial charge in [0.25, 0.3) is 0 Å². The van der Waals surface area contributed by atoms with Gasteiger partial charge < -0.3 is 4.74 Å². The number of carbonyl (C=O) groups is 1. The summed E-state index contributed by atoms with van der Waals surface area (Å²) in [5.74, 6) is -2.63. The first-order chi connectivity index (χ1) is 13.2. The van der Waals surface area contributed by atoms with Crippen molar-refractivity contribution in [1.82, 2.24) is 4.90 Å². The predicted molar refractivity (Wildman–Crippen MR) is 97.4 cm³/mol. The normalized spacial score (nSPS) is 25.9. The summed E-state index contributed by atoms with van der Waals surface area (Å²) in [5.41, 5.74) is 0.209. The molecule has 1 aromatic rings. The number of hydrogen-bond acceptors (Lipinski definition) is 3. The van der Waals surface area contributed by atoms with Gasteiger partial charge in [-0.25, -0.2) is 4.21 Å². The third kappa shape index (κ3) is 3.20. The van der Waals surface area contributed by atoms with Gasteiger partial charge in [-0.1, -0.05) is 24.1 Å². The van der Waals surface area contributed by atoms with Crippen molar-refractivity contribution in [2.45, 2.75) is 62.2 Å². The Morgan fingerprint density at radius 3 is 2.39 bits per heavy atom. The van der Waals surface area contributed by atoms with Gasteiger partial charge in [-0.15, -0.1) is 0 Å². The Balaban J connectivity index is 1.83. The van der Waals surface area contributed by atoms with Gasteiger partial charge in [0.2, 0.25) is 5.91 Å². The number of allylic oxidation sites excluding steroid dienone is 1. The van der Waals surface area contributed by atoms with Crippen LogP contribution in [0.15, 0.2) is 39.8 Å². The van der Waals surface area contributed by atoms with Crippen molar-refractivity contribution in [2.75, 3.05) is 6.61 Å². The fourth-order valence-corrected chi connectivity index (χ4v) is 5.93. The van der Waals surface area contributed by atoms with E-state index in [0.717, 1.165) is 24.8 Å². The Bertz CT molecular complexity index is 841. The Hall–Kier alpha value is -1.67. The quantitative estimate of drug-likeness (QED) is 0.721. The molecule has 0 aromatic heterocycles. The van der Waals surface area contributed by atoms with Crippen LogP contribution in [0.25, 0.3) is 0 Å². The molecule has 1 spiro atoms. The zero-order chi connectivity index (χ0) is 20.1. The van der Waals surface area contributed by atoms with Crippen LogP contribution in [-0.4, -0.2) is 33.5 Å². The molecule has 0 bridgehead atoms. The lowest BCUT2D eigenvalue weighted by Crippen LogP contribution is -2.52. The van der Waals surface area contributed by atoms with Gasteiger partial charge >= 0.3 is 6.18 Å². The van der Waals surface area contributed by atoms with E-state index in [1.54, 1.807) is 24.3 Å². The van der Waals surface area contributed by atoms with Gasteiger partial charge in [0.15, 0.2) is 0 Å². The van der Waals surface area contributed by atoms with Crippen molar-refractivity contribution in [3.8, 4) is 0 Å². The highest BCUT2D eigenvalue weighted by molar-refractivity contribution is 7.89. The molecule has 2 heterocycles. The summed E-state index contributed by atoms with van der Waals surface area (Å²) in [4.78, 5) is 14.3. The van der Waals surface area contributed by atoms with E-state index in [1.165, 1.54) is 4.90 Å². The van der Waals surface area contributed by atoms with E-state index in [0.29, 0.717) is 17.7 Å². The molecular formula is C20H22F3NO3S. The van der Waals surface area contributed by atoms with Gasteiger partial charge in [0.1, 0.15) is 5.72 Å². The highest BCUT2D eigenvalue weighted by Crippen LogP contribution is 2.50. The monoisotopic (exact) mass is 413 g/mol. The van der Waals surface area contributed by atoms with Gasteiger partial charge in [-0.3, -0.25) is 9.69 Å². The number of carbonyl (C=O) groups excluding carboxylic acids is 1. The number of fused-ring (bicyclic) bond motifs is 2. The molecule has 8 heteroatoms. The van der Waals surface area contributed by atoms with Crippen molar-refractivity contribution in [1.29, 1.82) is 0 Å². The maximum absolute atomic E-state index is 13.8. The zero-order valence-electron chi connectivity index (χ0n) is 15.6. The molecule has 28 heavy (non-hydrogen) atoms. The molecule has 1 aromatic carbocycles. The number of rotatable bonds is 2. The van der Waals surface area contributed by atoms with Crippen molar-refractivity contribution >= 4 is 16.7 Å². The van der Waals surface area contributed by atoms with Crippen LogP contribution in [0.1, 0.15) is 44.1 Å². The van der Waals surface area contributed by atoms with Crippen LogP contribution in [0.4, 0.5) is 13.2 Å². The number of nitrogens with zero attached hydrogens (tertiary/aromatic N) is 1. The largest absolute Gasteiger partial charge is 0.396 e. The fourth-order valence-electron chi connectivity index (χ4n) is 4.46. The molecule has 4 nitrogen and oxygen atoms in total. The van der Waals surface area contributed by atoms with E-state index in [-0.39, 0.29) is 17.2 Å². The SMILES string of the molecule is Cc1ccc(S(=O)C2=C3COC4(CCCCC4)N3C(=O)C[C@H]2C(F)(F)F)cc1. The second kappa shape index (κ2) is 6.99. The number of halogens is 3.